The topological polar surface area (TPSA) is 29.5 Å². The molecule has 3 heteroatoms. The van der Waals surface area contributed by atoms with Crippen LogP contribution in [0.25, 0.3) is 0 Å². The number of likely N-dealkylation sites (tertiary alicyclic amines) is 1. The average Bonchev–Trinajstić information content (AvgIpc) is 2.45. The Labute approximate surface area is 134 Å². The summed E-state index contributed by atoms with van der Waals surface area (Å²) in [6.45, 7) is 9.52. The molecule has 1 amide bonds. The third-order valence-electron chi connectivity index (χ3n) is 4.23. The third kappa shape index (κ3) is 5.36. The summed E-state index contributed by atoms with van der Waals surface area (Å²) in [4.78, 5) is 13.9. The predicted molar refractivity (Wildman–Crippen MR) is 90.0 cm³/mol. The molecular formula is C19H29NO2. The van der Waals surface area contributed by atoms with Crippen LogP contribution in [-0.4, -0.2) is 29.7 Å². The van der Waals surface area contributed by atoms with Gasteiger partial charge in [-0.3, -0.25) is 0 Å². The maximum absolute atomic E-state index is 12.0. The molecule has 0 radical (unpaired) electrons. The highest BCUT2D eigenvalue weighted by Gasteiger charge is 2.26. The van der Waals surface area contributed by atoms with Gasteiger partial charge in [0.05, 0.1) is 0 Å². The van der Waals surface area contributed by atoms with Crippen LogP contribution in [0, 0.1) is 12.8 Å². The van der Waals surface area contributed by atoms with Crippen LogP contribution in [0.2, 0.25) is 0 Å². The van der Waals surface area contributed by atoms with Gasteiger partial charge in [0.15, 0.2) is 0 Å². The molecule has 1 aromatic carbocycles. The van der Waals surface area contributed by atoms with Crippen molar-refractivity contribution in [1.29, 1.82) is 0 Å². The van der Waals surface area contributed by atoms with Gasteiger partial charge in [-0.05, 0) is 64.9 Å². The summed E-state index contributed by atoms with van der Waals surface area (Å²) in [5.41, 5.74) is 2.33. The summed E-state index contributed by atoms with van der Waals surface area (Å²) in [5, 5.41) is 0. The number of hydrogen-bond acceptors (Lipinski definition) is 2. The number of benzene rings is 1. The fraction of sp³-hybridized carbons (Fsp3) is 0.632. The molecule has 1 heterocycles. The molecule has 0 N–H and O–H groups in total. The van der Waals surface area contributed by atoms with E-state index in [0.717, 1.165) is 38.3 Å². The first kappa shape index (κ1) is 16.9. The highest BCUT2D eigenvalue weighted by atomic mass is 16.6. The fourth-order valence-corrected chi connectivity index (χ4v) is 2.86. The molecule has 2 rings (SSSR count). The molecule has 0 aliphatic carbocycles. The number of ether oxygens (including phenoxy) is 1. The molecule has 1 fully saturated rings. The van der Waals surface area contributed by atoms with Crippen LogP contribution in [0.4, 0.5) is 4.79 Å². The molecule has 0 unspecified atom stereocenters. The number of aryl methyl sites for hydroxylation is 2. The van der Waals surface area contributed by atoms with E-state index >= 15 is 0 Å². The lowest BCUT2D eigenvalue weighted by atomic mass is 9.90. The zero-order valence-electron chi connectivity index (χ0n) is 14.4. The van der Waals surface area contributed by atoms with Gasteiger partial charge in [-0.2, -0.15) is 0 Å². The molecule has 0 saturated carbocycles. The van der Waals surface area contributed by atoms with Crippen molar-refractivity contribution in [2.45, 2.75) is 59.0 Å². The molecule has 1 aliphatic rings. The standard InChI is InChI=1S/C19H29NO2/c1-15-5-7-16(8-6-15)9-10-17-11-13-20(14-12-17)18(21)22-19(2,3)4/h5-8,17H,9-14H2,1-4H3. The molecule has 0 atom stereocenters. The lowest BCUT2D eigenvalue weighted by molar-refractivity contribution is 0.0181. The van der Waals surface area contributed by atoms with Gasteiger partial charge in [0.25, 0.3) is 0 Å². The summed E-state index contributed by atoms with van der Waals surface area (Å²) >= 11 is 0. The monoisotopic (exact) mass is 303 g/mol. The molecule has 0 bridgehead atoms. The quantitative estimate of drug-likeness (QED) is 0.818. The second-order valence-electron chi connectivity index (χ2n) is 7.44. The Balaban J connectivity index is 1.73. The molecule has 3 nitrogen and oxygen atoms in total. The number of amides is 1. The van der Waals surface area contributed by atoms with E-state index in [2.05, 4.69) is 31.2 Å². The highest BCUT2D eigenvalue weighted by Crippen LogP contribution is 2.23. The highest BCUT2D eigenvalue weighted by molar-refractivity contribution is 5.68. The van der Waals surface area contributed by atoms with Gasteiger partial charge < -0.3 is 9.64 Å². The number of rotatable bonds is 3. The van der Waals surface area contributed by atoms with Crippen molar-refractivity contribution >= 4 is 6.09 Å². The van der Waals surface area contributed by atoms with Gasteiger partial charge in [0.1, 0.15) is 5.60 Å². The summed E-state index contributed by atoms with van der Waals surface area (Å²) < 4.78 is 5.44. The number of carbonyl (C=O) groups excluding carboxylic acids is 1. The van der Waals surface area contributed by atoms with Crippen molar-refractivity contribution in [3.63, 3.8) is 0 Å². The Morgan fingerprint density at radius 2 is 1.77 bits per heavy atom. The van der Waals surface area contributed by atoms with E-state index in [1.165, 1.54) is 17.5 Å². The maximum Gasteiger partial charge on any atom is 0.410 e. The predicted octanol–water partition coefficient (Wildman–Crippen LogP) is 4.57. The van der Waals surface area contributed by atoms with Gasteiger partial charge in [0, 0.05) is 13.1 Å². The second-order valence-corrected chi connectivity index (χ2v) is 7.44. The van der Waals surface area contributed by atoms with Crippen molar-refractivity contribution in [3.8, 4) is 0 Å². The first-order chi connectivity index (χ1) is 10.3. The van der Waals surface area contributed by atoms with Crippen molar-refractivity contribution in [3.05, 3.63) is 35.4 Å². The van der Waals surface area contributed by atoms with Gasteiger partial charge in [-0.1, -0.05) is 29.8 Å². The Hall–Kier alpha value is -1.51. The van der Waals surface area contributed by atoms with Crippen molar-refractivity contribution in [2.24, 2.45) is 5.92 Å². The normalized spacial score (nSPS) is 16.6. The summed E-state index contributed by atoms with van der Waals surface area (Å²) in [6.07, 6.45) is 4.36. The van der Waals surface area contributed by atoms with Crippen LogP contribution in [0.5, 0.6) is 0 Å². The molecule has 1 saturated heterocycles. The summed E-state index contributed by atoms with van der Waals surface area (Å²) in [5.74, 6) is 0.722. The van der Waals surface area contributed by atoms with E-state index in [0.29, 0.717) is 0 Å². The van der Waals surface area contributed by atoms with Crippen molar-refractivity contribution in [2.75, 3.05) is 13.1 Å². The van der Waals surface area contributed by atoms with Gasteiger partial charge in [-0.15, -0.1) is 0 Å². The third-order valence-corrected chi connectivity index (χ3v) is 4.23. The van der Waals surface area contributed by atoms with Crippen molar-refractivity contribution in [1.82, 2.24) is 4.90 Å². The number of nitrogens with zero attached hydrogens (tertiary/aromatic N) is 1. The summed E-state index contributed by atoms with van der Waals surface area (Å²) in [6, 6.07) is 8.82. The smallest absolute Gasteiger partial charge is 0.410 e. The first-order valence-electron chi connectivity index (χ1n) is 8.37. The van der Waals surface area contributed by atoms with Gasteiger partial charge in [0.2, 0.25) is 0 Å². The van der Waals surface area contributed by atoms with Crippen LogP contribution in [0.3, 0.4) is 0 Å². The molecule has 0 aromatic heterocycles. The maximum atomic E-state index is 12.0. The van der Waals surface area contributed by atoms with Crippen LogP contribution in [0.15, 0.2) is 24.3 Å². The molecular weight excluding hydrogens is 274 g/mol. The number of hydrogen-bond donors (Lipinski definition) is 0. The molecule has 1 aliphatic heterocycles. The lowest BCUT2D eigenvalue weighted by Crippen LogP contribution is -2.41. The SMILES string of the molecule is Cc1ccc(CCC2CCN(C(=O)OC(C)(C)C)CC2)cc1. The Morgan fingerprint density at radius 3 is 2.32 bits per heavy atom. The molecule has 1 aromatic rings. The second kappa shape index (κ2) is 7.17. The number of carbonyl (C=O) groups is 1. The fourth-order valence-electron chi connectivity index (χ4n) is 2.86. The van der Waals surface area contributed by atoms with Crippen LogP contribution in [0.1, 0.15) is 51.2 Å². The lowest BCUT2D eigenvalue weighted by Gasteiger charge is -2.33. The zero-order valence-corrected chi connectivity index (χ0v) is 14.4. The van der Waals surface area contributed by atoms with Crippen LogP contribution < -0.4 is 0 Å². The van der Waals surface area contributed by atoms with Crippen LogP contribution in [-0.2, 0) is 11.2 Å². The molecule has 0 spiro atoms. The Kier molecular flexibility index (Phi) is 5.49. The first-order valence-corrected chi connectivity index (χ1v) is 8.37. The Bertz CT molecular complexity index is 479. The van der Waals surface area contributed by atoms with E-state index in [4.69, 9.17) is 4.74 Å². The van der Waals surface area contributed by atoms with E-state index < -0.39 is 5.60 Å². The van der Waals surface area contributed by atoms with Crippen molar-refractivity contribution < 1.29 is 9.53 Å². The van der Waals surface area contributed by atoms with E-state index in [1.54, 1.807) is 0 Å². The number of piperidine rings is 1. The minimum absolute atomic E-state index is 0.163. The largest absolute Gasteiger partial charge is 0.444 e. The van der Waals surface area contributed by atoms with E-state index in [9.17, 15) is 4.79 Å². The minimum atomic E-state index is -0.403. The zero-order chi connectivity index (χ0) is 16.2. The van der Waals surface area contributed by atoms with E-state index in [1.807, 2.05) is 25.7 Å². The molecule has 22 heavy (non-hydrogen) atoms. The van der Waals surface area contributed by atoms with Gasteiger partial charge in [-0.25, -0.2) is 4.79 Å². The van der Waals surface area contributed by atoms with Gasteiger partial charge >= 0.3 is 6.09 Å². The average molecular weight is 303 g/mol. The summed E-state index contributed by atoms with van der Waals surface area (Å²) in [7, 11) is 0. The molecule has 122 valence electrons. The van der Waals surface area contributed by atoms with E-state index in [-0.39, 0.29) is 6.09 Å². The Morgan fingerprint density at radius 1 is 1.18 bits per heavy atom. The minimum Gasteiger partial charge on any atom is -0.444 e. The van der Waals surface area contributed by atoms with Crippen LogP contribution >= 0.6 is 0 Å².